The van der Waals surface area contributed by atoms with E-state index in [9.17, 15) is 0 Å². The first-order valence-electron chi connectivity index (χ1n) is 8.40. The Morgan fingerprint density at radius 2 is 2.00 bits per heavy atom. The molecule has 112 valence electrons. The van der Waals surface area contributed by atoms with Gasteiger partial charge in [-0.2, -0.15) is 5.10 Å². The molecule has 0 aliphatic heterocycles. The molecule has 2 fully saturated rings. The summed E-state index contributed by atoms with van der Waals surface area (Å²) in [7, 11) is 2.07. The minimum atomic E-state index is 0.389. The van der Waals surface area contributed by atoms with E-state index in [1.807, 2.05) is 0 Å². The van der Waals surface area contributed by atoms with E-state index in [0.29, 0.717) is 11.5 Å². The van der Waals surface area contributed by atoms with Crippen molar-refractivity contribution in [1.29, 1.82) is 0 Å². The highest BCUT2D eigenvalue weighted by molar-refractivity contribution is 5.07. The summed E-state index contributed by atoms with van der Waals surface area (Å²) in [6, 6.07) is 2.92. The van der Waals surface area contributed by atoms with Crippen LogP contribution in [0.15, 0.2) is 12.3 Å². The second-order valence-corrected chi connectivity index (χ2v) is 7.21. The van der Waals surface area contributed by atoms with Gasteiger partial charge in [0.1, 0.15) is 0 Å². The molecule has 1 N–H and O–H groups in total. The summed E-state index contributed by atoms with van der Waals surface area (Å²) in [6.45, 7) is 3.54. The molecule has 0 amide bonds. The van der Waals surface area contributed by atoms with E-state index in [-0.39, 0.29) is 0 Å². The quantitative estimate of drug-likeness (QED) is 0.860. The Hall–Kier alpha value is -0.830. The van der Waals surface area contributed by atoms with Gasteiger partial charge >= 0.3 is 0 Å². The van der Waals surface area contributed by atoms with E-state index in [1.54, 1.807) is 0 Å². The highest BCUT2D eigenvalue weighted by Crippen LogP contribution is 2.46. The summed E-state index contributed by atoms with van der Waals surface area (Å²) < 4.78 is 2.25. The van der Waals surface area contributed by atoms with Gasteiger partial charge in [0.25, 0.3) is 0 Å². The van der Waals surface area contributed by atoms with Crippen molar-refractivity contribution in [1.82, 2.24) is 15.1 Å². The highest BCUT2D eigenvalue weighted by atomic mass is 15.3. The fourth-order valence-electron chi connectivity index (χ4n) is 3.97. The van der Waals surface area contributed by atoms with Crippen molar-refractivity contribution in [2.24, 2.45) is 11.3 Å². The van der Waals surface area contributed by atoms with Crippen LogP contribution >= 0.6 is 0 Å². The zero-order chi connectivity index (χ0) is 14.0. The van der Waals surface area contributed by atoms with Crippen molar-refractivity contribution < 1.29 is 0 Å². The first-order chi connectivity index (χ1) is 9.71. The zero-order valence-corrected chi connectivity index (χ0v) is 13.1. The van der Waals surface area contributed by atoms with Crippen molar-refractivity contribution in [3.05, 3.63) is 18.0 Å². The van der Waals surface area contributed by atoms with Crippen LogP contribution in [0.2, 0.25) is 0 Å². The van der Waals surface area contributed by atoms with Gasteiger partial charge in [0.15, 0.2) is 0 Å². The van der Waals surface area contributed by atoms with E-state index in [4.69, 9.17) is 5.10 Å². The molecule has 0 radical (unpaired) electrons. The summed E-state index contributed by atoms with van der Waals surface area (Å²) in [5.41, 5.74) is 1.68. The van der Waals surface area contributed by atoms with Crippen molar-refractivity contribution in [3.63, 3.8) is 0 Å². The smallest absolute Gasteiger partial charge is 0.0630 e. The average Bonchev–Trinajstić information content (AvgIpc) is 3.22. The Labute approximate surface area is 123 Å². The number of rotatable bonds is 6. The van der Waals surface area contributed by atoms with Gasteiger partial charge < -0.3 is 5.32 Å². The van der Waals surface area contributed by atoms with Crippen molar-refractivity contribution >= 4 is 0 Å². The van der Waals surface area contributed by atoms with Crippen LogP contribution in [-0.4, -0.2) is 23.4 Å². The minimum absolute atomic E-state index is 0.389. The van der Waals surface area contributed by atoms with Gasteiger partial charge in [-0.05, 0) is 56.6 Å². The summed E-state index contributed by atoms with van der Waals surface area (Å²) in [4.78, 5) is 0. The van der Waals surface area contributed by atoms with Crippen LogP contribution in [0.1, 0.15) is 63.6 Å². The second kappa shape index (κ2) is 5.88. The third-order valence-electron chi connectivity index (χ3n) is 5.34. The summed E-state index contributed by atoms with van der Waals surface area (Å²) in [5.74, 6) is 0.898. The largest absolute Gasteiger partial charge is 0.319 e. The second-order valence-electron chi connectivity index (χ2n) is 7.21. The Kier molecular flexibility index (Phi) is 4.16. The lowest BCUT2D eigenvalue weighted by Crippen LogP contribution is -2.34. The molecule has 20 heavy (non-hydrogen) atoms. The summed E-state index contributed by atoms with van der Waals surface area (Å²) >= 11 is 0. The molecule has 3 rings (SSSR count). The minimum Gasteiger partial charge on any atom is -0.319 e. The number of nitrogens with zero attached hydrogens (tertiary/aromatic N) is 2. The topological polar surface area (TPSA) is 29.9 Å². The van der Waals surface area contributed by atoms with Crippen LogP contribution in [0, 0.1) is 11.3 Å². The molecule has 1 unspecified atom stereocenters. The molecule has 3 nitrogen and oxygen atoms in total. The number of aromatic nitrogens is 2. The van der Waals surface area contributed by atoms with Crippen LogP contribution in [0.5, 0.6) is 0 Å². The van der Waals surface area contributed by atoms with Crippen LogP contribution in [0.3, 0.4) is 0 Å². The van der Waals surface area contributed by atoms with Gasteiger partial charge in [-0.15, -0.1) is 0 Å². The highest BCUT2D eigenvalue weighted by Gasteiger charge is 2.41. The Morgan fingerprint density at radius 3 is 2.65 bits per heavy atom. The molecule has 0 bridgehead atoms. The lowest BCUT2D eigenvalue weighted by molar-refractivity contribution is 0.257. The van der Waals surface area contributed by atoms with Crippen molar-refractivity contribution in [2.45, 2.75) is 64.3 Å². The molecule has 0 aromatic carbocycles. The molecule has 2 aliphatic carbocycles. The van der Waals surface area contributed by atoms with E-state index >= 15 is 0 Å². The maximum absolute atomic E-state index is 4.90. The molecular formula is C17H29N3. The molecular weight excluding hydrogens is 246 g/mol. The van der Waals surface area contributed by atoms with E-state index in [1.165, 1.54) is 50.6 Å². The first kappa shape index (κ1) is 14.1. The molecule has 1 atom stereocenters. The molecule has 1 aromatic rings. The summed E-state index contributed by atoms with van der Waals surface area (Å²) in [5, 5.41) is 8.29. The molecule has 2 aliphatic rings. The zero-order valence-electron chi connectivity index (χ0n) is 13.1. The lowest BCUT2D eigenvalue weighted by atomic mass is 9.80. The van der Waals surface area contributed by atoms with Crippen LogP contribution in [0.25, 0.3) is 0 Å². The van der Waals surface area contributed by atoms with Gasteiger partial charge in [-0.1, -0.05) is 26.2 Å². The van der Waals surface area contributed by atoms with Crippen LogP contribution < -0.4 is 5.32 Å². The number of hydrogen-bond acceptors (Lipinski definition) is 2. The van der Waals surface area contributed by atoms with E-state index in [0.717, 1.165) is 18.9 Å². The first-order valence-corrected chi connectivity index (χ1v) is 8.40. The van der Waals surface area contributed by atoms with Gasteiger partial charge in [0.2, 0.25) is 0 Å². The third-order valence-corrected chi connectivity index (χ3v) is 5.34. The Balaban J connectivity index is 1.66. The number of hydrogen-bond donors (Lipinski definition) is 1. The van der Waals surface area contributed by atoms with Gasteiger partial charge in [0.05, 0.1) is 11.7 Å². The standard InChI is InChI=1S/C17H29N3/c1-17(13-18-2,14-8-9-14)12-15-10-11-20(19-15)16-6-4-3-5-7-16/h10-11,14,16,18H,3-9,12-13H2,1-2H3. The normalized spacial score (nSPS) is 23.7. The molecule has 2 saturated carbocycles. The third kappa shape index (κ3) is 3.08. The summed E-state index contributed by atoms with van der Waals surface area (Å²) in [6.07, 6.45) is 12.9. The Morgan fingerprint density at radius 1 is 1.25 bits per heavy atom. The SMILES string of the molecule is CNCC(C)(Cc1ccn(C2CCCCC2)n1)C1CC1. The van der Waals surface area contributed by atoms with Crippen LogP contribution in [0.4, 0.5) is 0 Å². The molecule has 0 spiro atoms. The number of nitrogens with one attached hydrogen (secondary N) is 1. The predicted octanol–water partition coefficient (Wildman–Crippen LogP) is 3.57. The fraction of sp³-hybridized carbons (Fsp3) is 0.824. The van der Waals surface area contributed by atoms with Crippen molar-refractivity contribution in [3.8, 4) is 0 Å². The van der Waals surface area contributed by atoms with E-state index < -0.39 is 0 Å². The van der Waals surface area contributed by atoms with Gasteiger partial charge in [-0.25, -0.2) is 0 Å². The van der Waals surface area contributed by atoms with Gasteiger partial charge in [-0.3, -0.25) is 4.68 Å². The lowest BCUT2D eigenvalue weighted by Gasteiger charge is -2.29. The van der Waals surface area contributed by atoms with Crippen LogP contribution in [-0.2, 0) is 6.42 Å². The maximum Gasteiger partial charge on any atom is 0.0630 e. The Bertz CT molecular complexity index is 429. The molecule has 0 saturated heterocycles. The fourth-order valence-corrected chi connectivity index (χ4v) is 3.97. The van der Waals surface area contributed by atoms with Gasteiger partial charge in [0, 0.05) is 12.7 Å². The maximum atomic E-state index is 4.90. The van der Waals surface area contributed by atoms with Crippen molar-refractivity contribution in [2.75, 3.05) is 13.6 Å². The molecule has 1 aromatic heterocycles. The average molecular weight is 275 g/mol. The predicted molar refractivity (Wildman–Crippen MR) is 82.8 cm³/mol. The van der Waals surface area contributed by atoms with E-state index in [2.05, 4.69) is 36.2 Å². The monoisotopic (exact) mass is 275 g/mol. The molecule has 1 heterocycles. The molecule has 3 heteroatoms.